The van der Waals surface area contributed by atoms with Gasteiger partial charge in [0, 0.05) is 19.7 Å². The Labute approximate surface area is 122 Å². The van der Waals surface area contributed by atoms with E-state index in [9.17, 15) is 14.9 Å². The van der Waals surface area contributed by atoms with Gasteiger partial charge in [-0.05, 0) is 13.0 Å². The number of nitrogens with zero attached hydrogens (tertiary/aromatic N) is 3. The third-order valence-electron chi connectivity index (χ3n) is 3.01. The zero-order valence-electron chi connectivity index (χ0n) is 12.0. The van der Waals surface area contributed by atoms with Crippen molar-refractivity contribution in [1.29, 1.82) is 5.26 Å². The quantitative estimate of drug-likeness (QED) is 0.565. The fourth-order valence-electron chi connectivity index (χ4n) is 1.74. The number of nitriles is 1. The average molecular weight is 291 g/mol. The summed E-state index contributed by atoms with van der Waals surface area (Å²) in [5.41, 5.74) is 0.428. The lowest BCUT2D eigenvalue weighted by Crippen LogP contribution is -2.28. The number of hydrogen-bond donors (Lipinski definition) is 0. The Hall–Kier alpha value is -2.62. The van der Waals surface area contributed by atoms with E-state index in [0.717, 1.165) is 0 Å². The highest BCUT2D eigenvalue weighted by atomic mass is 16.6. The van der Waals surface area contributed by atoms with E-state index < -0.39 is 4.92 Å². The van der Waals surface area contributed by atoms with Gasteiger partial charge >= 0.3 is 0 Å². The van der Waals surface area contributed by atoms with Gasteiger partial charge < -0.3 is 9.64 Å². The number of ether oxygens (including phenoxy) is 1. The lowest BCUT2D eigenvalue weighted by Gasteiger charge is -2.15. The molecule has 0 heterocycles. The first-order valence-electron chi connectivity index (χ1n) is 6.45. The van der Waals surface area contributed by atoms with Crippen molar-refractivity contribution in [2.45, 2.75) is 19.8 Å². The first kappa shape index (κ1) is 16.4. The van der Waals surface area contributed by atoms with Crippen LogP contribution in [-0.2, 0) is 4.79 Å². The van der Waals surface area contributed by atoms with Crippen molar-refractivity contribution in [3.05, 3.63) is 33.9 Å². The summed E-state index contributed by atoms with van der Waals surface area (Å²) >= 11 is 0. The zero-order valence-corrected chi connectivity index (χ0v) is 12.0. The van der Waals surface area contributed by atoms with E-state index in [1.165, 1.54) is 11.0 Å². The molecule has 1 amide bonds. The highest BCUT2D eigenvalue weighted by Gasteiger charge is 2.15. The normalized spacial score (nSPS) is 9.76. The zero-order chi connectivity index (χ0) is 15.8. The van der Waals surface area contributed by atoms with E-state index in [-0.39, 0.29) is 31.0 Å². The smallest absolute Gasteiger partial charge is 0.276 e. The van der Waals surface area contributed by atoms with Crippen LogP contribution in [0.15, 0.2) is 18.2 Å². The molecule has 1 aromatic carbocycles. The molecule has 0 bridgehead atoms. The predicted molar refractivity (Wildman–Crippen MR) is 75.8 cm³/mol. The maximum atomic E-state index is 11.7. The molecule has 0 saturated heterocycles. The molecule has 112 valence electrons. The summed E-state index contributed by atoms with van der Waals surface area (Å²) in [6, 6.07) is 6.55. The van der Waals surface area contributed by atoms with Gasteiger partial charge in [-0.2, -0.15) is 5.26 Å². The molecule has 0 atom stereocenters. The number of nitro groups is 1. The second-order valence-electron chi connectivity index (χ2n) is 4.48. The molecule has 0 aromatic heterocycles. The van der Waals surface area contributed by atoms with Crippen LogP contribution in [0.3, 0.4) is 0 Å². The topological polar surface area (TPSA) is 96.5 Å². The molecule has 0 spiro atoms. The van der Waals surface area contributed by atoms with E-state index in [1.54, 1.807) is 26.1 Å². The largest absolute Gasteiger partial charge is 0.493 e. The molecule has 21 heavy (non-hydrogen) atoms. The molecule has 0 aliphatic heterocycles. The SMILES string of the molecule is Cc1c(OCCC(=O)N(C)CCC#N)cccc1[N+](=O)[O-]. The summed E-state index contributed by atoms with van der Waals surface area (Å²) in [6.07, 6.45) is 0.442. The molecule has 1 aromatic rings. The summed E-state index contributed by atoms with van der Waals surface area (Å²) in [4.78, 5) is 23.5. The molecule has 1 rings (SSSR count). The summed E-state index contributed by atoms with van der Waals surface area (Å²) in [5, 5.41) is 19.3. The number of hydrogen-bond acceptors (Lipinski definition) is 5. The van der Waals surface area contributed by atoms with Gasteiger partial charge in [0.1, 0.15) is 5.75 Å². The van der Waals surface area contributed by atoms with Crippen LogP contribution in [0, 0.1) is 28.4 Å². The van der Waals surface area contributed by atoms with Crippen LogP contribution in [0.1, 0.15) is 18.4 Å². The molecule has 0 saturated carbocycles. The average Bonchev–Trinajstić information content (AvgIpc) is 2.45. The monoisotopic (exact) mass is 291 g/mol. The van der Waals surface area contributed by atoms with Crippen LogP contribution >= 0.6 is 0 Å². The van der Waals surface area contributed by atoms with Gasteiger partial charge in [0.25, 0.3) is 5.69 Å². The lowest BCUT2D eigenvalue weighted by atomic mass is 10.2. The van der Waals surface area contributed by atoms with E-state index in [2.05, 4.69) is 0 Å². The number of carbonyl (C=O) groups excluding carboxylic acids is 1. The second-order valence-corrected chi connectivity index (χ2v) is 4.48. The number of amides is 1. The van der Waals surface area contributed by atoms with E-state index in [0.29, 0.717) is 17.9 Å². The molecule has 0 N–H and O–H groups in total. The fourth-order valence-corrected chi connectivity index (χ4v) is 1.74. The van der Waals surface area contributed by atoms with Crippen molar-refractivity contribution in [2.75, 3.05) is 20.2 Å². The highest BCUT2D eigenvalue weighted by molar-refractivity contribution is 5.76. The van der Waals surface area contributed by atoms with Crippen LogP contribution in [0.2, 0.25) is 0 Å². The van der Waals surface area contributed by atoms with Gasteiger partial charge in [-0.3, -0.25) is 14.9 Å². The van der Waals surface area contributed by atoms with Crippen LogP contribution in [-0.4, -0.2) is 35.9 Å². The van der Waals surface area contributed by atoms with Gasteiger partial charge in [0.2, 0.25) is 5.91 Å². The van der Waals surface area contributed by atoms with Crippen LogP contribution in [0.25, 0.3) is 0 Å². The Morgan fingerprint density at radius 1 is 1.52 bits per heavy atom. The molecule has 7 heteroatoms. The van der Waals surface area contributed by atoms with Gasteiger partial charge in [-0.15, -0.1) is 0 Å². The number of carbonyl (C=O) groups is 1. The van der Waals surface area contributed by atoms with Crippen molar-refractivity contribution < 1.29 is 14.5 Å². The Kier molecular flexibility index (Phi) is 6.14. The van der Waals surface area contributed by atoms with Gasteiger partial charge in [0.15, 0.2) is 0 Å². The summed E-state index contributed by atoms with van der Waals surface area (Å²) < 4.78 is 5.44. The van der Waals surface area contributed by atoms with Crippen molar-refractivity contribution >= 4 is 11.6 Å². The minimum absolute atomic E-state index is 0.00929. The molecule has 0 fully saturated rings. The third kappa shape index (κ3) is 4.76. The predicted octanol–water partition coefficient (Wildman–Crippen LogP) is 2.04. The van der Waals surface area contributed by atoms with E-state index in [1.807, 2.05) is 6.07 Å². The molecular weight excluding hydrogens is 274 g/mol. The number of benzene rings is 1. The molecular formula is C14H17N3O4. The van der Waals surface area contributed by atoms with E-state index >= 15 is 0 Å². The number of rotatable bonds is 7. The van der Waals surface area contributed by atoms with Crippen LogP contribution in [0.5, 0.6) is 5.75 Å². The lowest BCUT2D eigenvalue weighted by molar-refractivity contribution is -0.385. The highest BCUT2D eigenvalue weighted by Crippen LogP contribution is 2.26. The maximum Gasteiger partial charge on any atom is 0.276 e. The fraction of sp³-hybridized carbons (Fsp3) is 0.429. The second kappa shape index (κ2) is 7.85. The maximum absolute atomic E-state index is 11.7. The molecule has 0 aliphatic carbocycles. The summed E-state index contributed by atoms with van der Waals surface area (Å²) in [7, 11) is 1.62. The van der Waals surface area contributed by atoms with Crippen molar-refractivity contribution in [3.8, 4) is 11.8 Å². The Morgan fingerprint density at radius 3 is 2.86 bits per heavy atom. The van der Waals surface area contributed by atoms with Crippen LogP contribution in [0.4, 0.5) is 5.69 Å². The Balaban J connectivity index is 2.53. The summed E-state index contributed by atoms with van der Waals surface area (Å²) in [6.45, 7) is 2.12. The number of nitro benzene ring substituents is 1. The van der Waals surface area contributed by atoms with Crippen molar-refractivity contribution in [3.63, 3.8) is 0 Å². The van der Waals surface area contributed by atoms with Gasteiger partial charge in [-0.25, -0.2) is 0 Å². The van der Waals surface area contributed by atoms with Crippen molar-refractivity contribution in [1.82, 2.24) is 4.90 Å². The summed E-state index contributed by atoms with van der Waals surface area (Å²) in [5.74, 6) is 0.269. The third-order valence-corrected chi connectivity index (χ3v) is 3.01. The first-order chi connectivity index (χ1) is 9.97. The van der Waals surface area contributed by atoms with Gasteiger partial charge in [-0.1, -0.05) is 6.07 Å². The minimum atomic E-state index is -0.469. The van der Waals surface area contributed by atoms with Crippen LogP contribution < -0.4 is 4.74 Å². The van der Waals surface area contributed by atoms with Gasteiger partial charge in [0.05, 0.1) is 36.0 Å². The Bertz CT molecular complexity index is 566. The van der Waals surface area contributed by atoms with Crippen molar-refractivity contribution in [2.24, 2.45) is 0 Å². The minimum Gasteiger partial charge on any atom is -0.493 e. The molecule has 0 unspecified atom stereocenters. The molecule has 0 radical (unpaired) electrons. The van der Waals surface area contributed by atoms with E-state index in [4.69, 9.17) is 10.00 Å². The first-order valence-corrected chi connectivity index (χ1v) is 6.45. The molecule has 0 aliphatic rings. The molecule has 7 nitrogen and oxygen atoms in total. The Morgan fingerprint density at radius 2 is 2.24 bits per heavy atom. The standard InChI is InChI=1S/C14H17N3O4/c1-11-12(17(19)20)5-3-6-13(11)21-10-7-14(18)16(2)9-4-8-15/h3,5-6H,4,7,9-10H2,1-2H3.